The van der Waals surface area contributed by atoms with E-state index in [0.717, 1.165) is 5.56 Å². The summed E-state index contributed by atoms with van der Waals surface area (Å²) in [5.41, 5.74) is 7.03. The van der Waals surface area contributed by atoms with Gasteiger partial charge in [-0.3, -0.25) is 0 Å². The third kappa shape index (κ3) is 3.79. The summed E-state index contributed by atoms with van der Waals surface area (Å²) in [6.07, 6.45) is 0.176. The fraction of sp³-hybridized carbons (Fsp3) is 0.571. The molecular formula is C14H22FNO. The molecule has 0 aliphatic rings. The van der Waals surface area contributed by atoms with Gasteiger partial charge >= 0.3 is 0 Å². The molecule has 0 heterocycles. The summed E-state index contributed by atoms with van der Waals surface area (Å²) in [6.45, 7) is 6.14. The SMILES string of the molecule is Cc1ccc(C(C)C(C)C[C@@H](O)CN)cc1F. The van der Waals surface area contributed by atoms with Crippen molar-refractivity contribution in [2.24, 2.45) is 11.7 Å². The molecular weight excluding hydrogens is 217 g/mol. The van der Waals surface area contributed by atoms with Crippen LogP contribution in [-0.4, -0.2) is 17.8 Å². The number of aliphatic hydroxyl groups is 1. The molecule has 2 unspecified atom stereocenters. The summed E-state index contributed by atoms with van der Waals surface area (Å²) >= 11 is 0. The highest BCUT2D eigenvalue weighted by Gasteiger charge is 2.18. The van der Waals surface area contributed by atoms with Gasteiger partial charge in [-0.2, -0.15) is 0 Å². The van der Waals surface area contributed by atoms with Crippen LogP contribution >= 0.6 is 0 Å². The maximum absolute atomic E-state index is 13.5. The molecule has 1 aromatic rings. The number of halogens is 1. The van der Waals surface area contributed by atoms with Gasteiger partial charge in [-0.05, 0) is 42.4 Å². The third-order valence-electron chi connectivity index (χ3n) is 3.49. The second-order valence-corrected chi connectivity index (χ2v) is 4.90. The first-order valence-electron chi connectivity index (χ1n) is 6.09. The van der Waals surface area contributed by atoms with Crippen LogP contribution in [0.4, 0.5) is 4.39 Å². The third-order valence-corrected chi connectivity index (χ3v) is 3.49. The maximum Gasteiger partial charge on any atom is 0.126 e. The largest absolute Gasteiger partial charge is 0.392 e. The topological polar surface area (TPSA) is 46.2 Å². The molecule has 0 aliphatic carbocycles. The molecule has 0 amide bonds. The number of aliphatic hydroxyl groups excluding tert-OH is 1. The first-order valence-corrected chi connectivity index (χ1v) is 6.09. The lowest BCUT2D eigenvalue weighted by Gasteiger charge is -2.22. The van der Waals surface area contributed by atoms with E-state index in [4.69, 9.17) is 5.73 Å². The van der Waals surface area contributed by atoms with Crippen LogP contribution in [-0.2, 0) is 0 Å². The van der Waals surface area contributed by atoms with E-state index in [1.165, 1.54) is 0 Å². The van der Waals surface area contributed by atoms with Crippen LogP contribution in [0.2, 0.25) is 0 Å². The lowest BCUT2D eigenvalue weighted by molar-refractivity contribution is 0.147. The molecule has 96 valence electrons. The van der Waals surface area contributed by atoms with E-state index >= 15 is 0 Å². The molecule has 0 bridgehead atoms. The van der Waals surface area contributed by atoms with E-state index in [-0.39, 0.29) is 24.2 Å². The van der Waals surface area contributed by atoms with E-state index in [2.05, 4.69) is 13.8 Å². The van der Waals surface area contributed by atoms with Gasteiger partial charge in [0.05, 0.1) is 6.10 Å². The molecule has 1 aromatic carbocycles. The lowest BCUT2D eigenvalue weighted by atomic mass is 9.85. The van der Waals surface area contributed by atoms with Crippen LogP contribution in [0.5, 0.6) is 0 Å². The van der Waals surface area contributed by atoms with Gasteiger partial charge in [-0.1, -0.05) is 26.0 Å². The van der Waals surface area contributed by atoms with Gasteiger partial charge < -0.3 is 10.8 Å². The molecule has 3 heteroatoms. The van der Waals surface area contributed by atoms with Gasteiger partial charge in [-0.25, -0.2) is 4.39 Å². The molecule has 0 aliphatic heterocycles. The highest BCUT2D eigenvalue weighted by Crippen LogP contribution is 2.28. The Kier molecular flexibility index (Phi) is 5.09. The number of rotatable bonds is 5. The summed E-state index contributed by atoms with van der Waals surface area (Å²) in [6, 6.07) is 5.34. The van der Waals surface area contributed by atoms with E-state index in [0.29, 0.717) is 12.0 Å². The molecule has 1 rings (SSSR count). The monoisotopic (exact) mass is 239 g/mol. The second-order valence-electron chi connectivity index (χ2n) is 4.90. The molecule has 3 N–H and O–H groups in total. The van der Waals surface area contributed by atoms with Crippen molar-refractivity contribution in [2.75, 3.05) is 6.54 Å². The van der Waals surface area contributed by atoms with Crippen molar-refractivity contribution >= 4 is 0 Å². The minimum absolute atomic E-state index is 0.166. The summed E-state index contributed by atoms with van der Waals surface area (Å²) in [4.78, 5) is 0. The molecule has 0 fully saturated rings. The van der Waals surface area contributed by atoms with Crippen molar-refractivity contribution < 1.29 is 9.50 Å². The van der Waals surface area contributed by atoms with Crippen molar-refractivity contribution in [3.8, 4) is 0 Å². The van der Waals surface area contributed by atoms with Crippen molar-refractivity contribution in [1.82, 2.24) is 0 Å². The van der Waals surface area contributed by atoms with E-state index in [9.17, 15) is 9.50 Å². The average molecular weight is 239 g/mol. The molecule has 2 nitrogen and oxygen atoms in total. The quantitative estimate of drug-likeness (QED) is 0.829. The fourth-order valence-electron chi connectivity index (χ4n) is 1.95. The predicted molar refractivity (Wildman–Crippen MR) is 68.4 cm³/mol. The standard InChI is InChI=1S/C14H22FNO/c1-9-4-5-12(7-14(9)15)11(3)10(2)6-13(17)8-16/h4-5,7,10-11,13,17H,6,8,16H2,1-3H3/t10?,11?,13-/m1/s1. The lowest BCUT2D eigenvalue weighted by Crippen LogP contribution is -2.24. The van der Waals surface area contributed by atoms with E-state index in [1.54, 1.807) is 19.1 Å². The number of hydrogen-bond donors (Lipinski definition) is 2. The van der Waals surface area contributed by atoms with Crippen LogP contribution in [0.3, 0.4) is 0 Å². The van der Waals surface area contributed by atoms with Crippen molar-refractivity contribution in [3.63, 3.8) is 0 Å². The first-order chi connectivity index (χ1) is 7.95. The van der Waals surface area contributed by atoms with E-state index < -0.39 is 6.10 Å². The molecule has 0 saturated carbocycles. The van der Waals surface area contributed by atoms with Gasteiger partial charge in [0.25, 0.3) is 0 Å². The second kappa shape index (κ2) is 6.12. The molecule has 3 atom stereocenters. The Morgan fingerprint density at radius 1 is 1.35 bits per heavy atom. The number of hydrogen-bond acceptors (Lipinski definition) is 2. The molecule has 0 aromatic heterocycles. The Morgan fingerprint density at radius 2 is 2.00 bits per heavy atom. The highest BCUT2D eigenvalue weighted by atomic mass is 19.1. The summed E-state index contributed by atoms with van der Waals surface area (Å²) in [7, 11) is 0. The van der Waals surface area contributed by atoms with Crippen LogP contribution in [0.25, 0.3) is 0 Å². The zero-order valence-electron chi connectivity index (χ0n) is 10.8. The first kappa shape index (κ1) is 14.1. The normalized spacial score (nSPS) is 16.6. The number of nitrogens with two attached hydrogens (primary N) is 1. The summed E-state index contributed by atoms with van der Waals surface area (Å²) in [5.74, 6) is 0.322. The maximum atomic E-state index is 13.5. The van der Waals surface area contributed by atoms with Crippen molar-refractivity contribution in [2.45, 2.75) is 39.2 Å². The zero-order chi connectivity index (χ0) is 13.0. The molecule has 0 saturated heterocycles. The van der Waals surface area contributed by atoms with Crippen LogP contribution in [0, 0.1) is 18.7 Å². The number of aryl methyl sites for hydroxylation is 1. The van der Waals surface area contributed by atoms with E-state index in [1.807, 2.05) is 6.07 Å². The van der Waals surface area contributed by atoms with Crippen molar-refractivity contribution in [1.29, 1.82) is 0 Å². The Bertz CT molecular complexity index is 367. The zero-order valence-corrected chi connectivity index (χ0v) is 10.8. The van der Waals surface area contributed by atoms with Crippen LogP contribution in [0.1, 0.15) is 37.3 Å². The van der Waals surface area contributed by atoms with Gasteiger partial charge in [0, 0.05) is 6.54 Å². The Balaban J connectivity index is 2.74. The Hall–Kier alpha value is -0.930. The van der Waals surface area contributed by atoms with Gasteiger partial charge in [0.15, 0.2) is 0 Å². The van der Waals surface area contributed by atoms with Crippen molar-refractivity contribution in [3.05, 3.63) is 35.1 Å². The summed E-state index contributed by atoms with van der Waals surface area (Å²) < 4.78 is 13.5. The number of benzene rings is 1. The minimum Gasteiger partial charge on any atom is -0.392 e. The Morgan fingerprint density at radius 3 is 2.53 bits per heavy atom. The summed E-state index contributed by atoms with van der Waals surface area (Å²) in [5, 5.41) is 9.52. The van der Waals surface area contributed by atoms with Crippen LogP contribution < -0.4 is 5.73 Å². The Labute approximate surface area is 103 Å². The fourth-order valence-corrected chi connectivity index (χ4v) is 1.95. The highest BCUT2D eigenvalue weighted by molar-refractivity contribution is 5.26. The predicted octanol–water partition coefficient (Wildman–Crippen LogP) is 2.58. The minimum atomic E-state index is -0.470. The smallest absolute Gasteiger partial charge is 0.126 e. The molecule has 0 spiro atoms. The average Bonchev–Trinajstić information content (AvgIpc) is 2.31. The van der Waals surface area contributed by atoms with Gasteiger partial charge in [0.1, 0.15) is 5.82 Å². The van der Waals surface area contributed by atoms with Gasteiger partial charge in [-0.15, -0.1) is 0 Å². The van der Waals surface area contributed by atoms with Crippen LogP contribution in [0.15, 0.2) is 18.2 Å². The molecule has 0 radical (unpaired) electrons. The van der Waals surface area contributed by atoms with Gasteiger partial charge in [0.2, 0.25) is 0 Å². The molecule has 17 heavy (non-hydrogen) atoms.